The van der Waals surface area contributed by atoms with E-state index < -0.39 is 5.82 Å². The molecule has 6 aliphatic rings. The number of nitrogens with two attached hydrogens (primary N) is 1. The lowest BCUT2D eigenvalue weighted by molar-refractivity contribution is 0.0521. The molecule has 5 atom stereocenters. The number of ether oxygens (including phenoxy) is 2. The lowest BCUT2D eigenvalue weighted by Crippen LogP contribution is -2.51. The van der Waals surface area contributed by atoms with Gasteiger partial charge in [-0.25, -0.2) is 8.78 Å². The van der Waals surface area contributed by atoms with Crippen molar-refractivity contribution in [1.29, 1.82) is 0 Å². The molecule has 4 fully saturated rings. The second kappa shape index (κ2) is 10.9. The van der Waals surface area contributed by atoms with E-state index in [0.717, 1.165) is 69.3 Å². The maximum atomic E-state index is 17.2. The van der Waals surface area contributed by atoms with Gasteiger partial charge in [0.25, 0.3) is 0 Å². The van der Waals surface area contributed by atoms with Crippen LogP contribution in [0.2, 0.25) is 0 Å². The van der Waals surface area contributed by atoms with Gasteiger partial charge in [-0.1, -0.05) is 30.0 Å². The summed E-state index contributed by atoms with van der Waals surface area (Å²) < 4.78 is 44.3. The average Bonchev–Trinajstić information content (AvgIpc) is 3.69. The zero-order valence-corrected chi connectivity index (χ0v) is 26.7. The average molecular weight is 645 g/mol. The second-order valence-electron chi connectivity index (χ2n) is 13.8. The molecule has 1 aromatic heterocycles. The third-order valence-corrected chi connectivity index (χ3v) is 12.1. The van der Waals surface area contributed by atoms with Gasteiger partial charge in [0.2, 0.25) is 0 Å². The number of aromatic nitrogens is 2. The number of benzene rings is 2. The van der Waals surface area contributed by atoms with Crippen molar-refractivity contribution in [3.63, 3.8) is 0 Å². The van der Waals surface area contributed by atoms with Crippen LogP contribution in [-0.4, -0.2) is 78.5 Å². The summed E-state index contributed by atoms with van der Waals surface area (Å²) in [7, 11) is 1.76. The van der Waals surface area contributed by atoms with E-state index in [1.807, 2.05) is 24.3 Å². The maximum absolute atomic E-state index is 17.2. The van der Waals surface area contributed by atoms with Gasteiger partial charge in [0.15, 0.2) is 5.82 Å². The first-order valence-corrected chi connectivity index (χ1v) is 17.3. The second-order valence-corrected chi connectivity index (χ2v) is 14.9. The Labute approximate surface area is 271 Å². The van der Waals surface area contributed by atoms with Crippen molar-refractivity contribution < 1.29 is 18.3 Å². The summed E-state index contributed by atoms with van der Waals surface area (Å²) in [4.78, 5) is 15.1. The van der Waals surface area contributed by atoms with Gasteiger partial charge in [-0.2, -0.15) is 9.97 Å². The number of thioether (sulfide) groups is 1. The van der Waals surface area contributed by atoms with Gasteiger partial charge in [0.05, 0.1) is 22.1 Å². The first-order valence-electron chi connectivity index (χ1n) is 16.5. The molecule has 2 bridgehead atoms. The molecule has 0 saturated carbocycles. The first kappa shape index (κ1) is 28.9. The highest BCUT2D eigenvalue weighted by Gasteiger charge is 2.50. The van der Waals surface area contributed by atoms with E-state index in [1.54, 1.807) is 13.2 Å². The summed E-state index contributed by atoms with van der Waals surface area (Å²) >= 11 is 1.20. The van der Waals surface area contributed by atoms with Crippen molar-refractivity contribution in [3.8, 4) is 17.1 Å². The SMILES string of the molecule is COCC1CCC2(COc3nc(N4CC5CCC(C4)N5)c4cc5c(c(F)c4n3)-c3ccc(F)c4c3C(C=C5)C=C(N)S4)CCCN12. The van der Waals surface area contributed by atoms with Gasteiger partial charge in [-0.3, -0.25) is 4.90 Å². The Morgan fingerprint density at radius 2 is 1.98 bits per heavy atom. The van der Waals surface area contributed by atoms with Crippen LogP contribution >= 0.6 is 11.8 Å². The molecule has 11 heteroatoms. The standard InChI is InChI=1S/C35H38F2N6O2S/c1-44-17-23-9-11-35(10-2-12-43(23)35)18-45-34-40-31-25(33(41-34)42-15-21-5-6-22(16-42)39-21)13-19-3-4-20-14-27(38)46-32-26(36)8-7-24(29(20)32)28(19)30(31)37/h3-4,7-8,13-14,20-23,39H,2,5-6,9-12,15-18,38H2,1H3. The minimum absolute atomic E-state index is 0.0812. The molecule has 8 nitrogen and oxygen atoms in total. The number of fused-ring (bicyclic) bond motifs is 6. The van der Waals surface area contributed by atoms with E-state index in [4.69, 9.17) is 25.2 Å². The van der Waals surface area contributed by atoms with Crippen molar-refractivity contribution in [1.82, 2.24) is 20.2 Å². The number of nitrogens with zero attached hydrogens (tertiary/aromatic N) is 4. The minimum Gasteiger partial charge on any atom is -0.461 e. The van der Waals surface area contributed by atoms with E-state index in [2.05, 4.69) is 15.1 Å². The Hall–Kier alpha value is -3.25. The number of piperazine rings is 1. The minimum atomic E-state index is -0.438. The Kier molecular flexibility index (Phi) is 6.86. The van der Waals surface area contributed by atoms with Gasteiger partial charge >= 0.3 is 6.01 Å². The van der Waals surface area contributed by atoms with Crippen LogP contribution in [0.25, 0.3) is 28.1 Å². The monoisotopic (exact) mass is 644 g/mol. The van der Waals surface area contributed by atoms with Crippen LogP contribution in [0.15, 0.2) is 40.3 Å². The zero-order valence-electron chi connectivity index (χ0n) is 25.9. The van der Waals surface area contributed by atoms with Crippen LogP contribution in [-0.2, 0) is 4.74 Å². The molecule has 1 aliphatic carbocycles. The van der Waals surface area contributed by atoms with Gasteiger partial charge in [0.1, 0.15) is 23.8 Å². The quantitative estimate of drug-likeness (QED) is 0.359. The van der Waals surface area contributed by atoms with E-state index in [0.29, 0.717) is 63.6 Å². The zero-order chi connectivity index (χ0) is 31.2. The molecule has 2 aromatic carbocycles. The van der Waals surface area contributed by atoms with Crippen LogP contribution in [0.5, 0.6) is 6.01 Å². The highest BCUT2D eigenvalue weighted by Crippen LogP contribution is 2.50. The van der Waals surface area contributed by atoms with Gasteiger partial charge < -0.3 is 25.4 Å². The molecule has 5 unspecified atom stereocenters. The van der Waals surface area contributed by atoms with Gasteiger partial charge in [-0.15, -0.1) is 0 Å². The molecule has 46 heavy (non-hydrogen) atoms. The van der Waals surface area contributed by atoms with Crippen molar-refractivity contribution in [2.24, 2.45) is 5.73 Å². The Balaban J connectivity index is 1.18. The first-order chi connectivity index (χ1) is 22.4. The van der Waals surface area contributed by atoms with Crippen molar-refractivity contribution in [2.45, 2.75) is 73.0 Å². The van der Waals surface area contributed by atoms with E-state index in [1.165, 1.54) is 17.8 Å². The molecule has 3 aromatic rings. The number of halogens is 2. The fourth-order valence-electron chi connectivity index (χ4n) is 9.07. The molecule has 0 amide bonds. The normalized spacial score (nSPS) is 29.5. The number of hydrogen-bond acceptors (Lipinski definition) is 9. The largest absolute Gasteiger partial charge is 0.461 e. The summed E-state index contributed by atoms with van der Waals surface area (Å²) in [5.74, 6) is -0.335. The Bertz CT molecular complexity index is 1810. The predicted octanol–water partition coefficient (Wildman–Crippen LogP) is 5.55. The molecule has 3 N–H and O–H groups in total. The van der Waals surface area contributed by atoms with Crippen molar-refractivity contribution in [3.05, 3.63) is 58.1 Å². The van der Waals surface area contributed by atoms with Crippen LogP contribution in [0.3, 0.4) is 0 Å². The number of hydrogen-bond donors (Lipinski definition) is 2. The molecule has 5 aliphatic heterocycles. The fraction of sp³-hybridized carbons (Fsp3) is 0.486. The summed E-state index contributed by atoms with van der Waals surface area (Å²) in [6.07, 6.45) is 12.3. The Morgan fingerprint density at radius 3 is 2.80 bits per heavy atom. The summed E-state index contributed by atoms with van der Waals surface area (Å²) in [5.41, 5.74) is 8.90. The third kappa shape index (κ3) is 4.49. The van der Waals surface area contributed by atoms with E-state index in [9.17, 15) is 0 Å². The highest BCUT2D eigenvalue weighted by atomic mass is 32.2. The predicted molar refractivity (Wildman–Crippen MR) is 176 cm³/mol. The molecule has 9 rings (SSSR count). The molecule has 6 heterocycles. The Morgan fingerprint density at radius 1 is 1.13 bits per heavy atom. The molecule has 4 saturated heterocycles. The molecule has 240 valence electrons. The van der Waals surface area contributed by atoms with Crippen molar-refractivity contribution >= 4 is 34.6 Å². The maximum Gasteiger partial charge on any atom is 0.319 e. The summed E-state index contributed by atoms with van der Waals surface area (Å²) in [5, 5.41) is 4.90. The molecule has 0 radical (unpaired) electrons. The fourth-order valence-corrected chi connectivity index (χ4v) is 10.0. The van der Waals surface area contributed by atoms with Crippen LogP contribution < -0.4 is 20.7 Å². The van der Waals surface area contributed by atoms with E-state index in [-0.39, 0.29) is 28.8 Å². The van der Waals surface area contributed by atoms with Crippen molar-refractivity contribution in [2.75, 3.05) is 44.9 Å². The number of methoxy groups -OCH3 is 1. The third-order valence-electron chi connectivity index (χ3n) is 11.1. The topological polar surface area (TPSA) is 88.8 Å². The lowest BCUT2D eigenvalue weighted by atomic mass is 9.90. The van der Waals surface area contributed by atoms with Crippen LogP contribution in [0, 0.1) is 11.6 Å². The number of anilines is 1. The molecular formula is C35H38F2N6O2S. The highest BCUT2D eigenvalue weighted by molar-refractivity contribution is 8.03. The summed E-state index contributed by atoms with van der Waals surface area (Å²) in [6, 6.07) is 6.45. The molecule has 0 spiro atoms. The van der Waals surface area contributed by atoms with Gasteiger partial charge in [0, 0.05) is 55.2 Å². The number of rotatable bonds is 6. The lowest BCUT2D eigenvalue weighted by Gasteiger charge is -2.35. The summed E-state index contributed by atoms with van der Waals surface area (Å²) in [6.45, 7) is 3.78. The number of allylic oxidation sites excluding steroid dienone is 2. The van der Waals surface area contributed by atoms with Gasteiger partial charge in [-0.05, 0) is 80.0 Å². The van der Waals surface area contributed by atoms with Crippen LogP contribution in [0.1, 0.15) is 55.6 Å². The van der Waals surface area contributed by atoms with Crippen LogP contribution in [0.4, 0.5) is 14.6 Å². The van der Waals surface area contributed by atoms with E-state index >= 15 is 8.78 Å². The smallest absolute Gasteiger partial charge is 0.319 e. The molecular weight excluding hydrogens is 606 g/mol. The number of nitrogens with one attached hydrogen (secondary N) is 1.